The van der Waals surface area contributed by atoms with Crippen LogP contribution in [0.5, 0.6) is 0 Å². The van der Waals surface area contributed by atoms with Gasteiger partial charge in [-0.2, -0.15) is 0 Å². The minimum Gasteiger partial charge on any atom is -0.289 e. The number of likely N-dealkylation sites (N-methyl/N-ethyl adjacent to an activating group) is 1. The predicted molar refractivity (Wildman–Crippen MR) is 56.9 cm³/mol. The van der Waals surface area contributed by atoms with Gasteiger partial charge in [-0.05, 0) is 32.0 Å². The fraction of sp³-hybridized carbons (Fsp3) is 0.500. The lowest BCUT2D eigenvalue weighted by Crippen LogP contribution is -2.34. The number of nitrogens with zero attached hydrogens (tertiary/aromatic N) is 1. The third kappa shape index (κ3) is 1.04. The molecule has 2 heterocycles. The Morgan fingerprint density at radius 3 is 2.93 bits per heavy atom. The van der Waals surface area contributed by atoms with E-state index < -0.39 is 0 Å². The van der Waals surface area contributed by atoms with Gasteiger partial charge >= 0.3 is 0 Å². The molecule has 0 amide bonds. The van der Waals surface area contributed by atoms with Crippen molar-refractivity contribution in [2.45, 2.75) is 24.5 Å². The van der Waals surface area contributed by atoms with E-state index in [4.69, 9.17) is 0 Å². The maximum Gasteiger partial charge on any atom is 0.0833 e. The van der Waals surface area contributed by atoms with E-state index >= 15 is 0 Å². The number of nitrogens with one attached hydrogen (secondary N) is 1. The maximum absolute atomic E-state index is 3.64. The molecule has 0 saturated carbocycles. The van der Waals surface area contributed by atoms with Gasteiger partial charge in [0.2, 0.25) is 0 Å². The second kappa shape index (κ2) is 2.81. The zero-order valence-corrected chi connectivity index (χ0v) is 8.53. The Balaban J connectivity index is 1.93. The molecular formula is C12H16N2. The molecule has 2 fully saturated rings. The van der Waals surface area contributed by atoms with E-state index in [2.05, 4.69) is 47.6 Å². The molecule has 2 aliphatic heterocycles. The molecule has 1 aromatic carbocycles. The highest BCUT2D eigenvalue weighted by atomic mass is 15.4. The van der Waals surface area contributed by atoms with Crippen molar-refractivity contribution in [3.63, 3.8) is 0 Å². The standard InChI is InChI=1S/C12H16N2/c1-14-9-5-8-12(11(14)13-12)10-6-3-2-4-7-10/h2-4,6-7,11,13H,5,8-9H2,1H3. The fourth-order valence-corrected chi connectivity index (χ4v) is 2.76. The molecule has 2 nitrogen and oxygen atoms in total. The number of benzene rings is 1. The van der Waals surface area contributed by atoms with Gasteiger partial charge in [0.05, 0.1) is 11.7 Å². The summed E-state index contributed by atoms with van der Waals surface area (Å²) in [4.78, 5) is 2.43. The van der Waals surface area contributed by atoms with E-state index in [0.717, 1.165) is 0 Å². The summed E-state index contributed by atoms with van der Waals surface area (Å²) in [5.74, 6) is 0. The molecule has 1 N–H and O–H groups in total. The van der Waals surface area contributed by atoms with Crippen molar-refractivity contribution in [1.82, 2.24) is 10.2 Å². The van der Waals surface area contributed by atoms with Crippen LogP contribution in [0.15, 0.2) is 30.3 Å². The van der Waals surface area contributed by atoms with Crippen LogP contribution in [-0.4, -0.2) is 24.7 Å². The molecule has 0 spiro atoms. The van der Waals surface area contributed by atoms with Crippen molar-refractivity contribution in [1.29, 1.82) is 0 Å². The fourth-order valence-electron chi connectivity index (χ4n) is 2.76. The van der Waals surface area contributed by atoms with Crippen LogP contribution in [0, 0.1) is 0 Å². The first-order chi connectivity index (χ1) is 6.83. The van der Waals surface area contributed by atoms with E-state index in [0.29, 0.717) is 6.17 Å². The lowest BCUT2D eigenvalue weighted by Gasteiger charge is -2.26. The molecule has 2 unspecified atom stereocenters. The predicted octanol–water partition coefficient (Wildman–Crippen LogP) is 1.54. The van der Waals surface area contributed by atoms with Crippen molar-refractivity contribution >= 4 is 0 Å². The number of likely N-dealkylation sites (tertiary alicyclic amines) is 1. The topological polar surface area (TPSA) is 25.2 Å². The number of piperidine rings is 1. The second-order valence-corrected chi connectivity index (χ2v) is 4.47. The van der Waals surface area contributed by atoms with Crippen LogP contribution in [0.2, 0.25) is 0 Å². The van der Waals surface area contributed by atoms with Crippen LogP contribution < -0.4 is 5.32 Å². The highest BCUT2D eigenvalue weighted by Gasteiger charge is 2.58. The Kier molecular flexibility index (Phi) is 1.70. The number of hydrogen-bond acceptors (Lipinski definition) is 2. The number of fused-ring (bicyclic) bond motifs is 1. The first-order valence-electron chi connectivity index (χ1n) is 5.36. The largest absolute Gasteiger partial charge is 0.289 e. The molecule has 74 valence electrons. The molecule has 2 saturated heterocycles. The summed E-state index contributed by atoms with van der Waals surface area (Å²) in [6.45, 7) is 1.23. The Morgan fingerprint density at radius 2 is 2.14 bits per heavy atom. The summed E-state index contributed by atoms with van der Waals surface area (Å²) in [5, 5.41) is 3.64. The molecule has 0 aromatic heterocycles. The Morgan fingerprint density at radius 1 is 1.36 bits per heavy atom. The van der Waals surface area contributed by atoms with Crippen LogP contribution in [0.25, 0.3) is 0 Å². The van der Waals surface area contributed by atoms with Gasteiger partial charge in [-0.3, -0.25) is 10.2 Å². The maximum atomic E-state index is 3.64. The van der Waals surface area contributed by atoms with Crippen molar-refractivity contribution in [3.05, 3.63) is 35.9 Å². The minimum absolute atomic E-state index is 0.286. The van der Waals surface area contributed by atoms with Crippen molar-refractivity contribution in [2.24, 2.45) is 0 Å². The average Bonchev–Trinajstić information content (AvgIpc) is 2.97. The highest BCUT2D eigenvalue weighted by molar-refractivity contribution is 5.34. The molecule has 14 heavy (non-hydrogen) atoms. The molecule has 0 radical (unpaired) electrons. The van der Waals surface area contributed by atoms with Crippen LogP contribution in [-0.2, 0) is 5.54 Å². The van der Waals surface area contributed by atoms with E-state index in [1.165, 1.54) is 24.9 Å². The van der Waals surface area contributed by atoms with Gasteiger partial charge in [0.25, 0.3) is 0 Å². The van der Waals surface area contributed by atoms with Crippen LogP contribution in [0.1, 0.15) is 18.4 Å². The highest BCUT2D eigenvalue weighted by Crippen LogP contribution is 2.45. The third-order valence-electron chi connectivity index (χ3n) is 3.59. The SMILES string of the molecule is CN1CCCC2(c3ccccc3)NC12. The molecule has 2 aliphatic rings. The van der Waals surface area contributed by atoms with Gasteiger partial charge in [-0.1, -0.05) is 30.3 Å². The Hall–Kier alpha value is -0.860. The summed E-state index contributed by atoms with van der Waals surface area (Å²) < 4.78 is 0. The van der Waals surface area contributed by atoms with E-state index in [1.54, 1.807) is 0 Å². The minimum atomic E-state index is 0.286. The van der Waals surface area contributed by atoms with Gasteiger partial charge in [-0.25, -0.2) is 0 Å². The Labute approximate surface area is 84.9 Å². The molecule has 1 aromatic rings. The smallest absolute Gasteiger partial charge is 0.0833 e. The summed E-state index contributed by atoms with van der Waals surface area (Å²) in [6, 6.07) is 10.8. The summed E-state index contributed by atoms with van der Waals surface area (Å²) in [7, 11) is 2.21. The molecule has 0 aliphatic carbocycles. The van der Waals surface area contributed by atoms with Crippen LogP contribution >= 0.6 is 0 Å². The molecule has 3 rings (SSSR count). The van der Waals surface area contributed by atoms with Crippen molar-refractivity contribution < 1.29 is 0 Å². The van der Waals surface area contributed by atoms with E-state index in [1.807, 2.05) is 0 Å². The third-order valence-corrected chi connectivity index (χ3v) is 3.59. The summed E-state index contributed by atoms with van der Waals surface area (Å²) in [5.41, 5.74) is 1.74. The quantitative estimate of drug-likeness (QED) is 0.676. The monoisotopic (exact) mass is 188 g/mol. The number of hydrogen-bond donors (Lipinski definition) is 1. The van der Waals surface area contributed by atoms with Gasteiger partial charge in [0.15, 0.2) is 0 Å². The second-order valence-electron chi connectivity index (χ2n) is 4.47. The van der Waals surface area contributed by atoms with Crippen LogP contribution in [0.3, 0.4) is 0 Å². The van der Waals surface area contributed by atoms with Gasteiger partial charge in [-0.15, -0.1) is 0 Å². The first kappa shape index (κ1) is 8.45. The lowest BCUT2D eigenvalue weighted by molar-refractivity contribution is 0.244. The van der Waals surface area contributed by atoms with Gasteiger partial charge in [0.1, 0.15) is 0 Å². The molecular weight excluding hydrogens is 172 g/mol. The summed E-state index contributed by atoms with van der Waals surface area (Å²) in [6.07, 6.45) is 3.17. The van der Waals surface area contributed by atoms with Crippen molar-refractivity contribution in [2.75, 3.05) is 13.6 Å². The van der Waals surface area contributed by atoms with Crippen molar-refractivity contribution in [3.8, 4) is 0 Å². The Bertz CT molecular complexity index is 335. The molecule has 0 bridgehead atoms. The van der Waals surface area contributed by atoms with Gasteiger partial charge < -0.3 is 0 Å². The normalized spacial score (nSPS) is 36.5. The first-order valence-corrected chi connectivity index (χ1v) is 5.36. The van der Waals surface area contributed by atoms with E-state index in [-0.39, 0.29) is 5.54 Å². The summed E-state index contributed by atoms with van der Waals surface area (Å²) >= 11 is 0. The molecule has 2 heteroatoms. The molecule has 2 atom stereocenters. The van der Waals surface area contributed by atoms with Gasteiger partial charge in [0, 0.05) is 0 Å². The zero-order chi connectivity index (χ0) is 9.60. The zero-order valence-electron chi connectivity index (χ0n) is 8.53. The average molecular weight is 188 g/mol. The van der Waals surface area contributed by atoms with Crippen LogP contribution in [0.4, 0.5) is 0 Å². The lowest BCUT2D eigenvalue weighted by atomic mass is 9.90. The van der Waals surface area contributed by atoms with E-state index in [9.17, 15) is 0 Å². The number of rotatable bonds is 1.